The zero-order valence-electron chi connectivity index (χ0n) is 4.09. The Labute approximate surface area is 44.4 Å². The summed E-state index contributed by atoms with van der Waals surface area (Å²) in [6.07, 6.45) is 1.01. The summed E-state index contributed by atoms with van der Waals surface area (Å²) in [5.74, 6) is 1.99. The maximum absolute atomic E-state index is 8.41. The summed E-state index contributed by atoms with van der Waals surface area (Å²) in [5.41, 5.74) is 1.20. The maximum Gasteiger partial charge on any atom is 0.102 e. The van der Waals surface area contributed by atoms with Crippen LogP contribution in [0.1, 0.15) is 6.42 Å². The van der Waals surface area contributed by atoms with Gasteiger partial charge in [0.2, 0.25) is 0 Å². The van der Waals surface area contributed by atoms with Crippen molar-refractivity contribution >= 4 is 7.85 Å². The van der Waals surface area contributed by atoms with Crippen LogP contribution in [0.15, 0.2) is 11.5 Å². The van der Waals surface area contributed by atoms with Crippen LogP contribution in [0.4, 0.5) is 0 Å². The van der Waals surface area contributed by atoms with Gasteiger partial charge in [-0.2, -0.15) is 0 Å². The van der Waals surface area contributed by atoms with Crippen molar-refractivity contribution in [3.63, 3.8) is 0 Å². The normalized spacial score (nSPS) is 33.9. The highest BCUT2D eigenvalue weighted by molar-refractivity contribution is 6.17. The lowest BCUT2D eigenvalue weighted by molar-refractivity contribution is 0.281. The van der Waals surface area contributed by atoms with Gasteiger partial charge in [-0.05, 0) is 6.42 Å². The molecule has 0 aromatic heterocycles. The van der Waals surface area contributed by atoms with Crippen molar-refractivity contribution in [1.29, 1.82) is 0 Å². The smallest absolute Gasteiger partial charge is 0.102 e. The fourth-order valence-corrected chi connectivity index (χ4v) is 0.612. The van der Waals surface area contributed by atoms with Gasteiger partial charge in [-0.25, -0.2) is 0 Å². The van der Waals surface area contributed by atoms with E-state index in [4.69, 9.17) is 13.0 Å². The lowest BCUT2D eigenvalue weighted by Gasteiger charge is -1.76. The van der Waals surface area contributed by atoms with E-state index in [1.54, 1.807) is 5.98 Å². The number of hydrogen-bond donors (Lipinski definition) is 1. The monoisotopic (exact) mass is 94.1 g/mol. The third-order valence-electron chi connectivity index (χ3n) is 1.28. The Morgan fingerprint density at radius 2 is 2.71 bits per heavy atom. The number of aliphatic hydroxyl groups is 1. The highest BCUT2D eigenvalue weighted by Gasteiger charge is 2.26. The summed E-state index contributed by atoms with van der Waals surface area (Å²) in [6.45, 7) is 0.267. The van der Waals surface area contributed by atoms with E-state index in [0.29, 0.717) is 5.92 Å². The standard InChI is InChI=1S/C5H7BO/c6-2-4-1-5(4)3-7/h2,5,7H,1,3H2/b4-2+. The predicted molar refractivity (Wildman–Crippen MR) is 29.0 cm³/mol. The van der Waals surface area contributed by atoms with Crippen molar-refractivity contribution in [3.8, 4) is 0 Å². The lowest BCUT2D eigenvalue weighted by Crippen LogP contribution is -1.80. The van der Waals surface area contributed by atoms with Gasteiger partial charge in [-0.15, -0.1) is 5.98 Å². The molecule has 0 aliphatic heterocycles. The van der Waals surface area contributed by atoms with Crippen molar-refractivity contribution in [2.24, 2.45) is 5.92 Å². The minimum atomic E-state index is 0.267. The summed E-state index contributed by atoms with van der Waals surface area (Å²) >= 11 is 0. The molecule has 1 N–H and O–H groups in total. The molecule has 2 radical (unpaired) electrons. The third-order valence-corrected chi connectivity index (χ3v) is 1.28. The highest BCUT2D eigenvalue weighted by Crippen LogP contribution is 2.35. The summed E-state index contributed by atoms with van der Waals surface area (Å²) in [4.78, 5) is 0. The number of hydrogen-bond acceptors (Lipinski definition) is 1. The largest absolute Gasteiger partial charge is 0.396 e. The minimum Gasteiger partial charge on any atom is -0.396 e. The molecule has 7 heavy (non-hydrogen) atoms. The molecule has 1 rings (SSSR count). The van der Waals surface area contributed by atoms with E-state index in [-0.39, 0.29) is 6.61 Å². The van der Waals surface area contributed by atoms with Crippen LogP contribution in [-0.2, 0) is 0 Å². The van der Waals surface area contributed by atoms with E-state index < -0.39 is 0 Å². The summed E-state index contributed by atoms with van der Waals surface area (Å²) in [7, 11) is 5.13. The van der Waals surface area contributed by atoms with Gasteiger partial charge < -0.3 is 5.11 Å². The van der Waals surface area contributed by atoms with Gasteiger partial charge in [0, 0.05) is 12.5 Å². The fourth-order valence-electron chi connectivity index (χ4n) is 0.612. The molecule has 1 aliphatic carbocycles. The van der Waals surface area contributed by atoms with Crippen LogP contribution in [-0.4, -0.2) is 19.6 Å². The van der Waals surface area contributed by atoms with E-state index in [1.807, 2.05) is 0 Å². The van der Waals surface area contributed by atoms with E-state index >= 15 is 0 Å². The topological polar surface area (TPSA) is 20.2 Å². The van der Waals surface area contributed by atoms with Gasteiger partial charge in [0.25, 0.3) is 0 Å². The molecule has 0 bridgehead atoms. The van der Waals surface area contributed by atoms with Crippen LogP contribution in [0.3, 0.4) is 0 Å². The molecule has 36 valence electrons. The molecule has 0 spiro atoms. The van der Waals surface area contributed by atoms with E-state index in [2.05, 4.69) is 0 Å². The van der Waals surface area contributed by atoms with Crippen LogP contribution in [0, 0.1) is 5.92 Å². The summed E-state index contributed by atoms with van der Waals surface area (Å²) in [6, 6.07) is 0. The zero-order valence-corrected chi connectivity index (χ0v) is 4.09. The molecular formula is C5H7BO. The molecule has 1 saturated carbocycles. The second-order valence-corrected chi connectivity index (χ2v) is 1.83. The predicted octanol–water partition coefficient (Wildman–Crippen LogP) is 0.0510. The van der Waals surface area contributed by atoms with Crippen LogP contribution in [0.5, 0.6) is 0 Å². The Hall–Kier alpha value is -0.235. The molecular weight excluding hydrogens is 86.9 g/mol. The molecule has 1 nitrogen and oxygen atoms in total. The molecule has 0 saturated heterocycles. The number of aliphatic hydroxyl groups excluding tert-OH is 1. The first kappa shape index (κ1) is 4.91. The molecule has 2 heteroatoms. The number of rotatable bonds is 1. The molecule has 1 fully saturated rings. The molecule has 0 heterocycles. The van der Waals surface area contributed by atoms with Crippen molar-refractivity contribution in [1.82, 2.24) is 0 Å². The van der Waals surface area contributed by atoms with Crippen molar-refractivity contribution in [2.45, 2.75) is 6.42 Å². The zero-order chi connectivity index (χ0) is 5.28. The fraction of sp³-hybridized carbons (Fsp3) is 0.600. The van der Waals surface area contributed by atoms with Crippen LogP contribution in [0.25, 0.3) is 0 Å². The quantitative estimate of drug-likeness (QED) is 0.455. The first-order chi connectivity index (χ1) is 3.38. The molecule has 1 atom stereocenters. The average Bonchev–Trinajstić information content (AvgIpc) is 2.43. The second kappa shape index (κ2) is 1.70. The van der Waals surface area contributed by atoms with Crippen LogP contribution in [0.2, 0.25) is 0 Å². The second-order valence-electron chi connectivity index (χ2n) is 1.83. The Morgan fingerprint density at radius 3 is 2.86 bits per heavy atom. The third kappa shape index (κ3) is 0.857. The van der Waals surface area contributed by atoms with Gasteiger partial charge in [-0.1, -0.05) is 5.57 Å². The Morgan fingerprint density at radius 1 is 2.00 bits per heavy atom. The SMILES string of the molecule is [B]/C=C1\CC1CO. The maximum atomic E-state index is 8.41. The van der Waals surface area contributed by atoms with Crippen LogP contribution < -0.4 is 0 Å². The molecule has 1 unspecified atom stereocenters. The molecule has 0 amide bonds. The van der Waals surface area contributed by atoms with Crippen molar-refractivity contribution in [3.05, 3.63) is 11.5 Å². The Kier molecular flexibility index (Phi) is 1.20. The average molecular weight is 93.9 g/mol. The van der Waals surface area contributed by atoms with Gasteiger partial charge in [0.05, 0.1) is 0 Å². The molecule has 1 aliphatic rings. The van der Waals surface area contributed by atoms with Gasteiger partial charge in [0.1, 0.15) is 7.85 Å². The molecule has 0 aromatic carbocycles. The highest BCUT2D eigenvalue weighted by atomic mass is 16.3. The van der Waals surface area contributed by atoms with E-state index in [9.17, 15) is 0 Å². The van der Waals surface area contributed by atoms with Gasteiger partial charge >= 0.3 is 0 Å². The van der Waals surface area contributed by atoms with Crippen LogP contribution >= 0.6 is 0 Å². The first-order valence-electron chi connectivity index (χ1n) is 2.40. The minimum absolute atomic E-state index is 0.267. The first-order valence-corrected chi connectivity index (χ1v) is 2.40. The molecule has 0 aromatic rings. The van der Waals surface area contributed by atoms with Gasteiger partial charge in [0.15, 0.2) is 0 Å². The van der Waals surface area contributed by atoms with Crippen molar-refractivity contribution < 1.29 is 5.11 Å². The van der Waals surface area contributed by atoms with Gasteiger partial charge in [-0.3, -0.25) is 0 Å². The Balaban J connectivity index is 2.31. The lowest BCUT2D eigenvalue weighted by atomic mass is 10.1. The summed E-state index contributed by atoms with van der Waals surface area (Å²) < 4.78 is 0. The van der Waals surface area contributed by atoms with Crippen molar-refractivity contribution in [2.75, 3.05) is 6.61 Å². The summed E-state index contributed by atoms with van der Waals surface area (Å²) in [5, 5.41) is 8.41. The van der Waals surface area contributed by atoms with E-state index in [0.717, 1.165) is 6.42 Å². The van der Waals surface area contributed by atoms with E-state index in [1.165, 1.54) is 5.57 Å². The Bertz CT molecular complexity index is 98.3.